The molecule has 27 heavy (non-hydrogen) atoms. The smallest absolute Gasteiger partial charge is 0.226 e. The van der Waals surface area contributed by atoms with Gasteiger partial charge >= 0.3 is 0 Å². The van der Waals surface area contributed by atoms with Crippen LogP contribution in [0.3, 0.4) is 0 Å². The lowest BCUT2D eigenvalue weighted by Crippen LogP contribution is -2.47. The second-order valence-corrected chi connectivity index (χ2v) is 7.37. The van der Waals surface area contributed by atoms with Crippen molar-refractivity contribution in [2.75, 3.05) is 62.3 Å². The minimum Gasteiger partial charge on any atom is -0.378 e. The molecule has 2 aromatic rings. The van der Waals surface area contributed by atoms with E-state index in [-0.39, 0.29) is 0 Å². The molecular weight excluding hydrogens is 360 g/mol. The van der Waals surface area contributed by atoms with Crippen LogP contribution in [0.2, 0.25) is 0 Å². The molecule has 1 aromatic carbocycles. The average molecular weight is 389 g/mol. The van der Waals surface area contributed by atoms with E-state index in [1.807, 2.05) is 4.68 Å². The first kappa shape index (κ1) is 18.5. The first-order valence-electron chi connectivity index (χ1n) is 9.79. The first-order chi connectivity index (χ1) is 13.3. The molecule has 0 bridgehead atoms. The van der Waals surface area contributed by atoms with Gasteiger partial charge < -0.3 is 14.5 Å². The first-order valence-corrected chi connectivity index (χ1v) is 10.2. The van der Waals surface area contributed by atoms with Crippen LogP contribution in [-0.2, 0) is 18.0 Å². The van der Waals surface area contributed by atoms with Gasteiger partial charge in [0.05, 0.1) is 19.9 Å². The van der Waals surface area contributed by atoms with Gasteiger partial charge in [-0.1, -0.05) is 18.2 Å². The molecule has 146 valence electrons. The van der Waals surface area contributed by atoms with Gasteiger partial charge in [0, 0.05) is 51.5 Å². The van der Waals surface area contributed by atoms with Crippen LogP contribution in [0.15, 0.2) is 30.3 Å². The SMILES string of the molecule is CCn1c(N2CCOCC2)nn(CN2CCN(c3ccccc3)CC2)c1=S. The van der Waals surface area contributed by atoms with Gasteiger partial charge in [-0.05, 0) is 31.3 Å². The van der Waals surface area contributed by atoms with Crippen LogP contribution in [0.1, 0.15) is 6.92 Å². The van der Waals surface area contributed by atoms with E-state index >= 15 is 0 Å². The highest BCUT2D eigenvalue weighted by Crippen LogP contribution is 2.18. The Morgan fingerprint density at radius 3 is 2.33 bits per heavy atom. The number of aromatic nitrogens is 3. The van der Waals surface area contributed by atoms with Gasteiger partial charge in [-0.2, -0.15) is 0 Å². The molecule has 1 aromatic heterocycles. The molecule has 3 heterocycles. The third-order valence-electron chi connectivity index (χ3n) is 5.34. The van der Waals surface area contributed by atoms with Crippen molar-refractivity contribution in [3.8, 4) is 0 Å². The van der Waals surface area contributed by atoms with Crippen molar-refractivity contribution in [2.24, 2.45) is 0 Å². The summed E-state index contributed by atoms with van der Waals surface area (Å²) < 4.78 is 10.4. The molecule has 7 nitrogen and oxygen atoms in total. The van der Waals surface area contributed by atoms with Crippen LogP contribution in [0.25, 0.3) is 0 Å². The normalized spacial score (nSPS) is 18.9. The second-order valence-electron chi connectivity index (χ2n) is 7.01. The summed E-state index contributed by atoms with van der Waals surface area (Å²) in [7, 11) is 0. The second kappa shape index (κ2) is 8.41. The zero-order chi connectivity index (χ0) is 18.6. The number of ether oxygens (including phenoxy) is 1. The third kappa shape index (κ3) is 4.02. The number of piperazine rings is 1. The van der Waals surface area contributed by atoms with Crippen molar-refractivity contribution in [1.82, 2.24) is 19.2 Å². The van der Waals surface area contributed by atoms with Gasteiger partial charge in [-0.15, -0.1) is 5.10 Å². The third-order valence-corrected chi connectivity index (χ3v) is 5.77. The van der Waals surface area contributed by atoms with E-state index in [9.17, 15) is 0 Å². The number of para-hydroxylation sites is 1. The van der Waals surface area contributed by atoms with Crippen molar-refractivity contribution in [3.05, 3.63) is 35.1 Å². The van der Waals surface area contributed by atoms with Gasteiger partial charge in [0.2, 0.25) is 10.7 Å². The van der Waals surface area contributed by atoms with Gasteiger partial charge in [-0.25, -0.2) is 4.68 Å². The number of morpholine rings is 1. The standard InChI is InChI=1S/C19H28N6OS/c1-2-24-18(23-12-14-26-15-13-23)20-25(19(24)27)16-21-8-10-22(11-9-21)17-6-4-3-5-7-17/h3-7H,2,8-16H2,1H3. The molecule has 0 unspecified atom stereocenters. The number of anilines is 2. The minimum absolute atomic E-state index is 0.755. The maximum Gasteiger partial charge on any atom is 0.226 e. The molecular formula is C19H28N6OS. The largest absolute Gasteiger partial charge is 0.378 e. The van der Waals surface area contributed by atoms with Gasteiger partial charge in [-0.3, -0.25) is 9.47 Å². The Balaban J connectivity index is 1.42. The molecule has 8 heteroatoms. The highest BCUT2D eigenvalue weighted by Gasteiger charge is 2.22. The van der Waals surface area contributed by atoms with Gasteiger partial charge in [0.25, 0.3) is 0 Å². The van der Waals surface area contributed by atoms with E-state index in [1.54, 1.807) is 0 Å². The topological polar surface area (TPSA) is 41.7 Å². The highest BCUT2D eigenvalue weighted by molar-refractivity contribution is 7.71. The summed E-state index contributed by atoms with van der Waals surface area (Å²) in [5.74, 6) is 0.980. The number of benzene rings is 1. The maximum absolute atomic E-state index is 5.72. The zero-order valence-electron chi connectivity index (χ0n) is 16.0. The Hall–Kier alpha value is -1.90. The summed E-state index contributed by atoms with van der Waals surface area (Å²) in [6.45, 7) is 11.1. The molecule has 0 N–H and O–H groups in total. The van der Waals surface area contributed by atoms with Crippen LogP contribution in [0.5, 0.6) is 0 Å². The van der Waals surface area contributed by atoms with E-state index < -0.39 is 0 Å². The van der Waals surface area contributed by atoms with E-state index in [0.29, 0.717) is 0 Å². The lowest BCUT2D eigenvalue weighted by atomic mass is 10.2. The van der Waals surface area contributed by atoms with E-state index in [0.717, 1.165) is 76.4 Å². The Kier molecular flexibility index (Phi) is 5.75. The van der Waals surface area contributed by atoms with Crippen LogP contribution in [0.4, 0.5) is 11.6 Å². The number of rotatable bonds is 5. The van der Waals surface area contributed by atoms with Gasteiger partial charge in [0.1, 0.15) is 0 Å². The zero-order valence-corrected chi connectivity index (χ0v) is 16.8. The molecule has 0 atom stereocenters. The average Bonchev–Trinajstić information content (AvgIpc) is 3.05. The van der Waals surface area contributed by atoms with Crippen LogP contribution < -0.4 is 9.80 Å². The molecule has 0 aliphatic carbocycles. The Morgan fingerprint density at radius 2 is 1.67 bits per heavy atom. The van der Waals surface area contributed by atoms with Crippen molar-refractivity contribution < 1.29 is 4.74 Å². The number of hydrogen-bond donors (Lipinski definition) is 0. The summed E-state index contributed by atoms with van der Waals surface area (Å²) in [4.78, 5) is 7.16. The molecule has 0 amide bonds. The molecule has 0 saturated carbocycles. The van der Waals surface area contributed by atoms with Crippen molar-refractivity contribution in [3.63, 3.8) is 0 Å². The summed E-state index contributed by atoms with van der Waals surface area (Å²) in [6.07, 6.45) is 0. The van der Waals surface area contributed by atoms with Crippen LogP contribution >= 0.6 is 12.2 Å². The molecule has 0 radical (unpaired) electrons. The lowest BCUT2D eigenvalue weighted by molar-refractivity contribution is 0.121. The van der Waals surface area contributed by atoms with Crippen molar-refractivity contribution in [2.45, 2.75) is 20.1 Å². The Morgan fingerprint density at radius 1 is 0.963 bits per heavy atom. The Labute approximate surface area is 165 Å². The fourth-order valence-electron chi connectivity index (χ4n) is 3.77. The van der Waals surface area contributed by atoms with Crippen molar-refractivity contribution in [1.29, 1.82) is 0 Å². The van der Waals surface area contributed by atoms with Gasteiger partial charge in [0.15, 0.2) is 0 Å². The molecule has 2 saturated heterocycles. The quantitative estimate of drug-likeness (QED) is 0.731. The molecule has 2 fully saturated rings. The number of hydrogen-bond acceptors (Lipinski definition) is 6. The lowest BCUT2D eigenvalue weighted by Gasteiger charge is -2.35. The molecule has 4 rings (SSSR count). The molecule has 0 spiro atoms. The highest BCUT2D eigenvalue weighted by atomic mass is 32.1. The fourth-order valence-corrected chi connectivity index (χ4v) is 4.08. The van der Waals surface area contributed by atoms with E-state index in [4.69, 9.17) is 22.1 Å². The summed E-state index contributed by atoms with van der Waals surface area (Å²) >= 11 is 5.72. The molecule has 2 aliphatic rings. The number of nitrogens with zero attached hydrogens (tertiary/aromatic N) is 6. The predicted octanol–water partition coefficient (Wildman–Crippen LogP) is 2.05. The maximum atomic E-state index is 5.72. The molecule has 2 aliphatic heterocycles. The predicted molar refractivity (Wildman–Crippen MR) is 110 cm³/mol. The van der Waals surface area contributed by atoms with Crippen LogP contribution in [-0.4, -0.2) is 71.7 Å². The van der Waals surface area contributed by atoms with E-state index in [1.165, 1.54) is 5.69 Å². The monoisotopic (exact) mass is 388 g/mol. The van der Waals surface area contributed by atoms with E-state index in [2.05, 4.69) is 56.5 Å². The van der Waals surface area contributed by atoms with Crippen molar-refractivity contribution >= 4 is 23.9 Å². The summed E-state index contributed by atoms with van der Waals surface area (Å²) in [5.41, 5.74) is 1.30. The summed E-state index contributed by atoms with van der Waals surface area (Å²) in [6, 6.07) is 10.6. The summed E-state index contributed by atoms with van der Waals surface area (Å²) in [5, 5.41) is 4.87. The van der Waals surface area contributed by atoms with Crippen LogP contribution in [0, 0.1) is 4.77 Å². The Bertz CT molecular complexity index is 790. The fraction of sp³-hybridized carbons (Fsp3) is 0.579. The minimum atomic E-state index is 0.755.